The highest BCUT2D eigenvalue weighted by atomic mass is 35.5. The van der Waals surface area contributed by atoms with Gasteiger partial charge in [0.2, 0.25) is 0 Å². The Balaban J connectivity index is 1.50. The van der Waals surface area contributed by atoms with Gasteiger partial charge in [0.1, 0.15) is 5.75 Å². The van der Waals surface area contributed by atoms with E-state index in [-0.39, 0.29) is 5.91 Å². The van der Waals surface area contributed by atoms with E-state index >= 15 is 0 Å². The zero-order valence-electron chi connectivity index (χ0n) is 14.7. The van der Waals surface area contributed by atoms with Gasteiger partial charge in [-0.1, -0.05) is 23.7 Å². The number of aromatic amines is 1. The maximum absolute atomic E-state index is 12.7. The number of hydrogen-bond donors (Lipinski definition) is 1. The van der Waals surface area contributed by atoms with Crippen LogP contribution in [0.5, 0.6) is 5.75 Å². The topological polar surface area (TPSA) is 45.3 Å². The summed E-state index contributed by atoms with van der Waals surface area (Å²) in [7, 11) is 1.69. The molecule has 134 valence electrons. The quantitative estimate of drug-likeness (QED) is 0.718. The van der Waals surface area contributed by atoms with E-state index in [1.165, 1.54) is 10.9 Å². The maximum atomic E-state index is 12.7. The average molecular weight is 369 g/mol. The number of rotatable bonds is 3. The largest absolute Gasteiger partial charge is 0.497 e. The molecule has 2 aromatic carbocycles. The molecule has 4 rings (SSSR count). The highest BCUT2D eigenvalue weighted by Gasteiger charge is 2.27. The normalized spacial score (nSPS) is 15.4. The maximum Gasteiger partial charge on any atom is 0.255 e. The predicted molar refractivity (Wildman–Crippen MR) is 104 cm³/mol. The van der Waals surface area contributed by atoms with E-state index in [9.17, 15) is 4.79 Å². The number of carbonyl (C=O) groups is 1. The Morgan fingerprint density at radius 1 is 1.19 bits per heavy atom. The zero-order chi connectivity index (χ0) is 18.1. The van der Waals surface area contributed by atoms with Gasteiger partial charge in [0, 0.05) is 30.2 Å². The second kappa shape index (κ2) is 7.04. The van der Waals surface area contributed by atoms with E-state index in [1.807, 2.05) is 29.2 Å². The SMILES string of the molecule is COc1ccc2[nH]cc(C3CCN(C(=O)c4ccccc4Cl)CC3)c2c1. The number of fused-ring (bicyclic) bond motifs is 1. The molecule has 5 heteroatoms. The Kier molecular flexibility index (Phi) is 4.60. The summed E-state index contributed by atoms with van der Waals surface area (Å²) in [5, 5.41) is 1.73. The molecule has 0 saturated carbocycles. The number of halogens is 1. The molecule has 1 aliphatic heterocycles. The third kappa shape index (κ3) is 3.06. The number of hydrogen-bond acceptors (Lipinski definition) is 2. The predicted octanol–water partition coefficient (Wildman–Crippen LogP) is 4.85. The Bertz CT molecular complexity index is 942. The summed E-state index contributed by atoms with van der Waals surface area (Å²) in [5.41, 5.74) is 3.02. The molecule has 0 bridgehead atoms. The van der Waals surface area contributed by atoms with Gasteiger partial charge in [-0.2, -0.15) is 0 Å². The van der Waals surface area contributed by atoms with E-state index in [1.54, 1.807) is 19.2 Å². The molecule has 0 aliphatic carbocycles. The number of nitrogens with zero attached hydrogens (tertiary/aromatic N) is 1. The van der Waals surface area contributed by atoms with Crippen molar-refractivity contribution in [1.29, 1.82) is 0 Å². The standard InChI is InChI=1S/C21H21ClN2O2/c1-26-15-6-7-20-17(12-15)18(13-23-20)14-8-10-24(11-9-14)21(25)16-4-2-3-5-19(16)22/h2-7,12-14,23H,8-11H2,1H3. The van der Waals surface area contributed by atoms with E-state index in [0.29, 0.717) is 16.5 Å². The first kappa shape index (κ1) is 17.0. The van der Waals surface area contributed by atoms with E-state index < -0.39 is 0 Å². The lowest BCUT2D eigenvalue weighted by atomic mass is 9.89. The minimum atomic E-state index is 0.0228. The highest BCUT2D eigenvalue weighted by Crippen LogP contribution is 2.35. The van der Waals surface area contributed by atoms with Crippen LogP contribution in [-0.2, 0) is 0 Å². The van der Waals surface area contributed by atoms with Crippen LogP contribution in [0.2, 0.25) is 5.02 Å². The number of methoxy groups -OCH3 is 1. The molecule has 26 heavy (non-hydrogen) atoms. The smallest absolute Gasteiger partial charge is 0.255 e. The van der Waals surface area contributed by atoms with Crippen LogP contribution >= 0.6 is 11.6 Å². The molecule has 1 aromatic heterocycles. The number of aromatic nitrogens is 1. The number of likely N-dealkylation sites (tertiary alicyclic amines) is 1. The van der Waals surface area contributed by atoms with Crippen LogP contribution in [0, 0.1) is 0 Å². The molecular weight excluding hydrogens is 348 g/mol. The van der Waals surface area contributed by atoms with Crippen molar-refractivity contribution in [2.24, 2.45) is 0 Å². The van der Waals surface area contributed by atoms with Crippen molar-refractivity contribution >= 4 is 28.4 Å². The molecule has 0 atom stereocenters. The molecule has 0 radical (unpaired) electrons. The van der Waals surface area contributed by atoms with Gasteiger partial charge < -0.3 is 14.6 Å². The van der Waals surface area contributed by atoms with Crippen LogP contribution < -0.4 is 4.74 Å². The first-order valence-corrected chi connectivity index (χ1v) is 9.24. The second-order valence-corrected chi connectivity index (χ2v) is 7.11. The van der Waals surface area contributed by atoms with Crippen molar-refractivity contribution < 1.29 is 9.53 Å². The first-order chi connectivity index (χ1) is 12.7. The zero-order valence-corrected chi connectivity index (χ0v) is 15.4. The van der Waals surface area contributed by atoms with Gasteiger partial charge >= 0.3 is 0 Å². The van der Waals surface area contributed by atoms with E-state index in [2.05, 4.69) is 17.2 Å². The number of ether oxygens (including phenoxy) is 1. The molecule has 2 heterocycles. The Hall–Kier alpha value is -2.46. The summed E-state index contributed by atoms with van der Waals surface area (Å²) in [6.07, 6.45) is 3.99. The van der Waals surface area contributed by atoms with Crippen LogP contribution in [-0.4, -0.2) is 36.0 Å². The lowest BCUT2D eigenvalue weighted by Gasteiger charge is -2.32. The molecule has 4 nitrogen and oxygen atoms in total. The van der Waals surface area contributed by atoms with Gasteiger partial charge in [-0.15, -0.1) is 0 Å². The number of nitrogens with one attached hydrogen (secondary N) is 1. The lowest BCUT2D eigenvalue weighted by Crippen LogP contribution is -2.38. The molecule has 1 aliphatic rings. The van der Waals surface area contributed by atoms with Gasteiger partial charge in [0.15, 0.2) is 0 Å². The van der Waals surface area contributed by atoms with Crippen molar-refractivity contribution in [3.8, 4) is 5.75 Å². The van der Waals surface area contributed by atoms with Crippen molar-refractivity contribution in [2.45, 2.75) is 18.8 Å². The molecule has 0 unspecified atom stereocenters. The monoisotopic (exact) mass is 368 g/mol. The van der Waals surface area contributed by atoms with Crippen molar-refractivity contribution in [3.63, 3.8) is 0 Å². The van der Waals surface area contributed by atoms with Crippen LogP contribution in [0.25, 0.3) is 10.9 Å². The number of H-pyrrole nitrogens is 1. The van der Waals surface area contributed by atoms with E-state index in [4.69, 9.17) is 16.3 Å². The molecule has 1 N–H and O–H groups in total. The first-order valence-electron chi connectivity index (χ1n) is 8.86. The van der Waals surface area contributed by atoms with Gasteiger partial charge in [-0.3, -0.25) is 4.79 Å². The summed E-state index contributed by atoms with van der Waals surface area (Å²) in [6, 6.07) is 13.4. The molecule has 1 saturated heterocycles. The number of piperidine rings is 1. The molecule has 0 spiro atoms. The van der Waals surface area contributed by atoms with Gasteiger partial charge in [-0.25, -0.2) is 0 Å². The Morgan fingerprint density at radius 3 is 2.69 bits per heavy atom. The third-order valence-electron chi connectivity index (χ3n) is 5.25. The van der Waals surface area contributed by atoms with Gasteiger partial charge in [0.05, 0.1) is 17.7 Å². The van der Waals surface area contributed by atoms with Crippen LogP contribution in [0.1, 0.15) is 34.7 Å². The highest BCUT2D eigenvalue weighted by molar-refractivity contribution is 6.33. The fourth-order valence-corrected chi connectivity index (χ4v) is 4.00. The number of carbonyl (C=O) groups excluding carboxylic acids is 1. The number of amides is 1. The summed E-state index contributed by atoms with van der Waals surface area (Å²) >= 11 is 6.18. The minimum Gasteiger partial charge on any atom is -0.497 e. The van der Waals surface area contributed by atoms with Crippen LogP contribution in [0.3, 0.4) is 0 Å². The summed E-state index contributed by atoms with van der Waals surface area (Å²) in [6.45, 7) is 1.48. The Labute approximate surface area is 157 Å². The molecular formula is C21H21ClN2O2. The summed E-state index contributed by atoms with van der Waals surface area (Å²) in [4.78, 5) is 18.0. The van der Waals surface area contributed by atoms with Crippen LogP contribution in [0.4, 0.5) is 0 Å². The van der Waals surface area contributed by atoms with Crippen molar-refractivity contribution in [2.75, 3.05) is 20.2 Å². The van der Waals surface area contributed by atoms with E-state index in [0.717, 1.165) is 37.2 Å². The molecule has 3 aromatic rings. The fraction of sp³-hybridized carbons (Fsp3) is 0.286. The second-order valence-electron chi connectivity index (χ2n) is 6.70. The van der Waals surface area contributed by atoms with Crippen molar-refractivity contribution in [3.05, 3.63) is 64.8 Å². The molecule has 1 amide bonds. The minimum absolute atomic E-state index is 0.0228. The lowest BCUT2D eigenvalue weighted by molar-refractivity contribution is 0.0713. The molecule has 1 fully saturated rings. The van der Waals surface area contributed by atoms with Crippen molar-refractivity contribution in [1.82, 2.24) is 9.88 Å². The van der Waals surface area contributed by atoms with Gasteiger partial charge in [0.25, 0.3) is 5.91 Å². The van der Waals surface area contributed by atoms with Gasteiger partial charge in [-0.05, 0) is 54.7 Å². The fourth-order valence-electron chi connectivity index (χ4n) is 3.78. The third-order valence-corrected chi connectivity index (χ3v) is 5.58. The summed E-state index contributed by atoms with van der Waals surface area (Å²) < 4.78 is 5.36. The summed E-state index contributed by atoms with van der Waals surface area (Å²) in [5.74, 6) is 1.32. The Morgan fingerprint density at radius 2 is 1.96 bits per heavy atom. The average Bonchev–Trinajstić information content (AvgIpc) is 3.11. The number of benzene rings is 2. The van der Waals surface area contributed by atoms with Crippen LogP contribution in [0.15, 0.2) is 48.7 Å².